The average molecular weight is 338 g/mol. The van der Waals surface area contributed by atoms with Crippen LogP contribution in [0.25, 0.3) is 10.8 Å². The normalized spacial score (nSPS) is 20.0. The molecule has 4 heteroatoms. The summed E-state index contributed by atoms with van der Waals surface area (Å²) in [6.07, 6.45) is 4.06. The fraction of sp³-hybridized carbons (Fsp3) is 0.476. The molecule has 4 nitrogen and oxygen atoms in total. The van der Waals surface area contributed by atoms with Gasteiger partial charge in [0.2, 0.25) is 0 Å². The first-order valence-corrected chi connectivity index (χ1v) is 9.46. The molecule has 25 heavy (non-hydrogen) atoms. The van der Waals surface area contributed by atoms with Gasteiger partial charge in [-0.05, 0) is 91.7 Å². The van der Waals surface area contributed by atoms with Crippen LogP contribution in [-0.4, -0.2) is 37.3 Å². The van der Waals surface area contributed by atoms with E-state index in [9.17, 15) is 9.90 Å². The van der Waals surface area contributed by atoms with Gasteiger partial charge in [0.25, 0.3) is 0 Å². The maximum atomic E-state index is 12.3. The highest BCUT2D eigenvalue weighted by Gasteiger charge is 2.29. The lowest BCUT2D eigenvalue weighted by atomic mass is 9.77. The van der Waals surface area contributed by atoms with Gasteiger partial charge in [0.05, 0.1) is 5.56 Å². The Labute approximate surface area is 148 Å². The van der Waals surface area contributed by atoms with Crippen molar-refractivity contribution in [2.45, 2.75) is 37.5 Å². The summed E-state index contributed by atoms with van der Waals surface area (Å²) in [5, 5.41) is 19.3. The summed E-state index contributed by atoms with van der Waals surface area (Å²) in [6.45, 7) is 3.88. The fourth-order valence-electron chi connectivity index (χ4n) is 4.63. The average Bonchev–Trinajstić information content (AvgIpc) is 2.67. The second-order valence-electron chi connectivity index (χ2n) is 7.33. The minimum atomic E-state index is -0.757. The summed E-state index contributed by atoms with van der Waals surface area (Å²) in [7, 11) is 0. The Balaban J connectivity index is 1.94. The number of piperidine rings is 2. The highest BCUT2D eigenvalue weighted by Crippen LogP contribution is 2.40. The van der Waals surface area contributed by atoms with Crippen molar-refractivity contribution < 1.29 is 9.90 Å². The topological polar surface area (TPSA) is 61.4 Å². The van der Waals surface area contributed by atoms with E-state index >= 15 is 0 Å². The standard InChI is InChI=1S/C21H26N2O2/c24-21(25)20-18(14-5-9-22-10-6-14)13-16-3-1-2-4-17(16)19(20)15-7-11-23-12-8-15/h1-4,13-15,22-23H,5-12H2,(H,24,25). The summed E-state index contributed by atoms with van der Waals surface area (Å²) in [6, 6.07) is 10.5. The zero-order valence-corrected chi connectivity index (χ0v) is 14.6. The number of hydrogen-bond donors (Lipinski definition) is 3. The SMILES string of the molecule is O=C(O)c1c(C2CCNCC2)cc2ccccc2c1C1CCNCC1. The van der Waals surface area contributed by atoms with Crippen LogP contribution in [0.5, 0.6) is 0 Å². The van der Waals surface area contributed by atoms with E-state index in [0.29, 0.717) is 17.4 Å². The van der Waals surface area contributed by atoms with Gasteiger partial charge in [-0.15, -0.1) is 0 Å². The number of benzene rings is 2. The molecule has 4 rings (SSSR count). The Bertz CT molecular complexity index is 775. The molecule has 0 amide bonds. The fourth-order valence-corrected chi connectivity index (χ4v) is 4.63. The Morgan fingerprint density at radius 1 is 0.920 bits per heavy atom. The Kier molecular flexibility index (Phi) is 4.73. The lowest BCUT2D eigenvalue weighted by molar-refractivity contribution is 0.0693. The van der Waals surface area contributed by atoms with Crippen LogP contribution in [-0.2, 0) is 0 Å². The molecule has 2 aliphatic heterocycles. The van der Waals surface area contributed by atoms with Crippen molar-refractivity contribution in [1.29, 1.82) is 0 Å². The maximum absolute atomic E-state index is 12.3. The molecule has 2 aliphatic rings. The second-order valence-corrected chi connectivity index (χ2v) is 7.33. The monoisotopic (exact) mass is 338 g/mol. The van der Waals surface area contributed by atoms with E-state index < -0.39 is 5.97 Å². The van der Waals surface area contributed by atoms with Crippen LogP contribution in [0, 0.1) is 0 Å². The van der Waals surface area contributed by atoms with Gasteiger partial charge in [-0.2, -0.15) is 0 Å². The first-order valence-electron chi connectivity index (χ1n) is 9.46. The van der Waals surface area contributed by atoms with Gasteiger partial charge in [0.15, 0.2) is 0 Å². The smallest absolute Gasteiger partial charge is 0.336 e. The van der Waals surface area contributed by atoms with E-state index in [2.05, 4.69) is 34.9 Å². The van der Waals surface area contributed by atoms with Crippen LogP contribution in [0.3, 0.4) is 0 Å². The molecule has 0 aliphatic carbocycles. The van der Waals surface area contributed by atoms with E-state index in [1.165, 1.54) is 5.39 Å². The number of carboxylic acids is 1. The van der Waals surface area contributed by atoms with Gasteiger partial charge in [-0.3, -0.25) is 0 Å². The van der Waals surface area contributed by atoms with E-state index in [1.54, 1.807) is 0 Å². The van der Waals surface area contributed by atoms with E-state index in [1.807, 2.05) is 6.07 Å². The van der Waals surface area contributed by atoms with Crippen LogP contribution >= 0.6 is 0 Å². The quantitative estimate of drug-likeness (QED) is 0.802. The molecule has 0 saturated carbocycles. The van der Waals surface area contributed by atoms with Crippen molar-refractivity contribution in [3.05, 3.63) is 47.0 Å². The minimum absolute atomic E-state index is 0.332. The Morgan fingerprint density at radius 2 is 1.52 bits per heavy atom. The zero-order chi connectivity index (χ0) is 17.2. The summed E-state index contributed by atoms with van der Waals surface area (Å²) < 4.78 is 0. The van der Waals surface area contributed by atoms with Crippen molar-refractivity contribution in [2.24, 2.45) is 0 Å². The molecule has 3 N–H and O–H groups in total. The highest BCUT2D eigenvalue weighted by molar-refractivity contribution is 6.00. The summed E-state index contributed by atoms with van der Waals surface area (Å²) in [5.41, 5.74) is 2.74. The van der Waals surface area contributed by atoms with Crippen molar-refractivity contribution >= 4 is 16.7 Å². The molecule has 0 unspecified atom stereocenters. The maximum Gasteiger partial charge on any atom is 0.336 e. The van der Waals surface area contributed by atoms with Crippen molar-refractivity contribution in [3.63, 3.8) is 0 Å². The molecule has 0 aromatic heterocycles. The number of nitrogens with one attached hydrogen (secondary N) is 2. The molecule has 2 saturated heterocycles. The van der Waals surface area contributed by atoms with Crippen LogP contribution in [0.15, 0.2) is 30.3 Å². The number of aromatic carboxylic acids is 1. The number of carbonyl (C=O) groups is 1. The first-order chi connectivity index (χ1) is 12.3. The van der Waals surface area contributed by atoms with Crippen molar-refractivity contribution in [3.8, 4) is 0 Å². The van der Waals surface area contributed by atoms with Crippen LogP contribution in [0.2, 0.25) is 0 Å². The van der Waals surface area contributed by atoms with Crippen molar-refractivity contribution in [2.75, 3.05) is 26.2 Å². The van der Waals surface area contributed by atoms with Crippen LogP contribution in [0.1, 0.15) is 59.0 Å². The Hall–Kier alpha value is -1.91. The third-order valence-corrected chi connectivity index (χ3v) is 5.86. The molecule has 0 bridgehead atoms. The van der Waals surface area contributed by atoms with Gasteiger partial charge >= 0.3 is 5.97 Å². The molecule has 2 fully saturated rings. The van der Waals surface area contributed by atoms with E-state index in [4.69, 9.17) is 0 Å². The van der Waals surface area contributed by atoms with Crippen molar-refractivity contribution in [1.82, 2.24) is 10.6 Å². The molecule has 0 atom stereocenters. The highest BCUT2D eigenvalue weighted by atomic mass is 16.4. The van der Waals surface area contributed by atoms with Gasteiger partial charge in [0.1, 0.15) is 0 Å². The van der Waals surface area contributed by atoms with Gasteiger partial charge in [0, 0.05) is 0 Å². The van der Waals surface area contributed by atoms with Gasteiger partial charge in [-0.25, -0.2) is 4.79 Å². The van der Waals surface area contributed by atoms with Gasteiger partial charge < -0.3 is 15.7 Å². The minimum Gasteiger partial charge on any atom is -0.478 e. The van der Waals surface area contributed by atoms with E-state index in [0.717, 1.165) is 68.4 Å². The molecule has 2 aromatic rings. The summed E-state index contributed by atoms with van der Waals surface area (Å²) in [4.78, 5) is 12.3. The number of carboxylic acid groups (broad SMARTS) is 1. The Morgan fingerprint density at radius 3 is 2.16 bits per heavy atom. The zero-order valence-electron chi connectivity index (χ0n) is 14.6. The second kappa shape index (κ2) is 7.14. The van der Waals surface area contributed by atoms with E-state index in [-0.39, 0.29) is 0 Å². The number of rotatable bonds is 3. The summed E-state index contributed by atoms with van der Waals surface area (Å²) in [5.74, 6) is -0.0795. The summed E-state index contributed by atoms with van der Waals surface area (Å²) >= 11 is 0. The largest absolute Gasteiger partial charge is 0.478 e. The first kappa shape index (κ1) is 16.6. The molecule has 2 heterocycles. The molecular weight excluding hydrogens is 312 g/mol. The predicted molar refractivity (Wildman–Crippen MR) is 101 cm³/mol. The molecule has 132 valence electrons. The molecule has 0 spiro atoms. The van der Waals surface area contributed by atoms with Gasteiger partial charge in [-0.1, -0.05) is 24.3 Å². The van der Waals surface area contributed by atoms with Crippen LogP contribution in [0.4, 0.5) is 0 Å². The molecule has 2 aromatic carbocycles. The lowest BCUT2D eigenvalue weighted by Crippen LogP contribution is -2.29. The lowest BCUT2D eigenvalue weighted by Gasteiger charge is -2.30. The molecule has 0 radical (unpaired) electrons. The van der Waals surface area contributed by atoms with Crippen LogP contribution < -0.4 is 10.6 Å². The number of hydrogen-bond acceptors (Lipinski definition) is 3. The predicted octanol–water partition coefficient (Wildman–Crippen LogP) is 3.47. The number of fused-ring (bicyclic) bond motifs is 1. The molecular formula is C21H26N2O2. The third kappa shape index (κ3) is 3.16. The third-order valence-electron chi connectivity index (χ3n) is 5.86.